The van der Waals surface area contributed by atoms with Gasteiger partial charge in [0.2, 0.25) is 5.91 Å². The minimum absolute atomic E-state index is 0.0149. The van der Waals surface area contributed by atoms with E-state index in [2.05, 4.69) is 9.88 Å². The number of para-hydroxylation sites is 1. The summed E-state index contributed by atoms with van der Waals surface area (Å²) in [5.74, 6) is 1.68. The summed E-state index contributed by atoms with van der Waals surface area (Å²) in [5.41, 5.74) is 0.832. The van der Waals surface area contributed by atoms with E-state index < -0.39 is 0 Å². The predicted molar refractivity (Wildman–Crippen MR) is 98.3 cm³/mol. The summed E-state index contributed by atoms with van der Waals surface area (Å²) >= 11 is 0. The Hall–Kier alpha value is -3.08. The molecule has 0 aliphatic carbocycles. The Morgan fingerprint density at radius 3 is 2.60 bits per heavy atom. The van der Waals surface area contributed by atoms with Crippen molar-refractivity contribution in [1.29, 1.82) is 0 Å². The van der Waals surface area contributed by atoms with Crippen LogP contribution < -0.4 is 4.90 Å². The Morgan fingerprint density at radius 2 is 1.84 bits per heavy atom. The largest absolute Gasteiger partial charge is 0.457 e. The summed E-state index contributed by atoms with van der Waals surface area (Å²) in [5, 5.41) is 1.04. The first-order chi connectivity index (χ1) is 12.3. The summed E-state index contributed by atoms with van der Waals surface area (Å²) in [6, 6.07) is 15.7. The van der Waals surface area contributed by atoms with Crippen LogP contribution in [0.5, 0.6) is 0 Å². The van der Waals surface area contributed by atoms with Gasteiger partial charge in [0.1, 0.15) is 17.2 Å². The first kappa shape index (κ1) is 15.4. The van der Waals surface area contributed by atoms with Gasteiger partial charge < -0.3 is 14.2 Å². The van der Waals surface area contributed by atoms with E-state index in [1.165, 1.54) is 0 Å². The molecule has 1 aliphatic heterocycles. The van der Waals surface area contributed by atoms with E-state index in [1.807, 2.05) is 53.4 Å². The standard InChI is InChI=1S/C20H19N3O2/c24-20(9-8-17-15-16-5-1-2-6-18(16)25-17)23-13-11-22(12-14-23)19-7-3-4-10-21-19/h1-10,15H,11-14H2. The van der Waals surface area contributed by atoms with Crippen LogP contribution in [-0.2, 0) is 4.79 Å². The molecule has 1 aliphatic rings. The molecule has 3 heterocycles. The quantitative estimate of drug-likeness (QED) is 0.691. The molecule has 0 atom stereocenters. The lowest BCUT2D eigenvalue weighted by molar-refractivity contribution is -0.126. The highest BCUT2D eigenvalue weighted by molar-refractivity contribution is 5.92. The predicted octanol–water partition coefficient (Wildman–Crippen LogP) is 3.19. The van der Waals surface area contributed by atoms with Crippen LogP contribution in [-0.4, -0.2) is 42.0 Å². The third kappa shape index (κ3) is 3.40. The average molecular weight is 333 g/mol. The van der Waals surface area contributed by atoms with E-state index in [0.29, 0.717) is 18.8 Å². The molecule has 1 fully saturated rings. The first-order valence-electron chi connectivity index (χ1n) is 8.41. The zero-order valence-corrected chi connectivity index (χ0v) is 13.8. The fraction of sp³-hybridized carbons (Fsp3) is 0.200. The van der Waals surface area contributed by atoms with Gasteiger partial charge in [0, 0.05) is 43.8 Å². The average Bonchev–Trinajstić information content (AvgIpc) is 3.10. The van der Waals surface area contributed by atoms with Gasteiger partial charge in [0.15, 0.2) is 0 Å². The first-order valence-corrected chi connectivity index (χ1v) is 8.41. The summed E-state index contributed by atoms with van der Waals surface area (Å²) in [4.78, 5) is 20.8. The number of benzene rings is 1. The van der Waals surface area contributed by atoms with Gasteiger partial charge in [-0.2, -0.15) is 0 Å². The normalized spacial score (nSPS) is 15.2. The zero-order valence-electron chi connectivity index (χ0n) is 13.8. The third-order valence-electron chi connectivity index (χ3n) is 4.40. The summed E-state index contributed by atoms with van der Waals surface area (Å²) in [6.07, 6.45) is 5.13. The van der Waals surface area contributed by atoms with Crippen molar-refractivity contribution < 1.29 is 9.21 Å². The van der Waals surface area contributed by atoms with Crippen molar-refractivity contribution in [3.63, 3.8) is 0 Å². The van der Waals surface area contributed by atoms with Crippen molar-refractivity contribution in [2.45, 2.75) is 0 Å². The van der Waals surface area contributed by atoms with E-state index in [0.717, 1.165) is 29.9 Å². The zero-order chi connectivity index (χ0) is 17.1. The lowest BCUT2D eigenvalue weighted by Crippen LogP contribution is -2.48. The third-order valence-corrected chi connectivity index (χ3v) is 4.40. The smallest absolute Gasteiger partial charge is 0.246 e. The number of fused-ring (bicyclic) bond motifs is 1. The summed E-state index contributed by atoms with van der Waals surface area (Å²) < 4.78 is 5.71. The van der Waals surface area contributed by atoms with Crippen LogP contribution in [0.1, 0.15) is 5.76 Å². The number of rotatable bonds is 3. The molecule has 0 bridgehead atoms. The van der Waals surface area contributed by atoms with Crippen molar-refractivity contribution in [2.75, 3.05) is 31.1 Å². The fourth-order valence-corrected chi connectivity index (χ4v) is 3.04. The lowest BCUT2D eigenvalue weighted by Gasteiger charge is -2.34. The van der Waals surface area contributed by atoms with E-state index in [4.69, 9.17) is 4.42 Å². The molecule has 1 aromatic carbocycles. The van der Waals surface area contributed by atoms with E-state index >= 15 is 0 Å². The van der Waals surface area contributed by atoms with Crippen LogP contribution in [0.15, 0.2) is 65.2 Å². The van der Waals surface area contributed by atoms with Gasteiger partial charge in [-0.3, -0.25) is 4.79 Å². The van der Waals surface area contributed by atoms with Crippen LogP contribution in [0, 0.1) is 0 Å². The minimum Gasteiger partial charge on any atom is -0.457 e. The molecular formula is C20H19N3O2. The number of carbonyl (C=O) groups excluding carboxylic acids is 1. The Kier molecular flexibility index (Phi) is 4.21. The van der Waals surface area contributed by atoms with Crippen LogP contribution in [0.2, 0.25) is 0 Å². The van der Waals surface area contributed by atoms with Crippen molar-refractivity contribution >= 4 is 28.8 Å². The molecule has 4 rings (SSSR count). The number of pyridine rings is 1. The maximum absolute atomic E-state index is 12.4. The summed E-state index contributed by atoms with van der Waals surface area (Å²) in [6.45, 7) is 2.97. The van der Waals surface area contributed by atoms with Gasteiger partial charge in [-0.1, -0.05) is 24.3 Å². The molecule has 3 aromatic rings. The van der Waals surface area contributed by atoms with Crippen molar-refractivity contribution in [1.82, 2.24) is 9.88 Å². The number of anilines is 1. The van der Waals surface area contributed by atoms with Crippen molar-refractivity contribution in [2.24, 2.45) is 0 Å². The van der Waals surface area contributed by atoms with E-state index in [-0.39, 0.29) is 5.91 Å². The van der Waals surface area contributed by atoms with E-state index in [1.54, 1.807) is 18.3 Å². The minimum atomic E-state index is 0.0149. The number of piperazine rings is 1. The Bertz CT molecular complexity index is 860. The molecule has 2 aromatic heterocycles. The second-order valence-electron chi connectivity index (χ2n) is 6.02. The van der Waals surface area contributed by atoms with Gasteiger partial charge in [-0.05, 0) is 30.3 Å². The van der Waals surface area contributed by atoms with Crippen LogP contribution in [0.3, 0.4) is 0 Å². The second-order valence-corrected chi connectivity index (χ2v) is 6.02. The molecule has 0 spiro atoms. The summed E-state index contributed by atoms with van der Waals surface area (Å²) in [7, 11) is 0. The van der Waals surface area contributed by atoms with Crippen LogP contribution >= 0.6 is 0 Å². The number of aromatic nitrogens is 1. The Morgan fingerprint density at radius 1 is 1.04 bits per heavy atom. The monoisotopic (exact) mass is 333 g/mol. The van der Waals surface area contributed by atoms with Gasteiger partial charge in [-0.25, -0.2) is 4.98 Å². The van der Waals surface area contributed by atoms with Crippen molar-refractivity contribution in [3.8, 4) is 0 Å². The molecular weight excluding hydrogens is 314 g/mol. The molecule has 25 heavy (non-hydrogen) atoms. The fourth-order valence-electron chi connectivity index (χ4n) is 3.04. The lowest BCUT2D eigenvalue weighted by atomic mass is 10.2. The molecule has 5 heteroatoms. The highest BCUT2D eigenvalue weighted by Crippen LogP contribution is 2.20. The van der Waals surface area contributed by atoms with Gasteiger partial charge in [0.25, 0.3) is 0 Å². The molecule has 0 saturated carbocycles. The van der Waals surface area contributed by atoms with E-state index in [9.17, 15) is 4.79 Å². The number of amides is 1. The second kappa shape index (κ2) is 6.81. The van der Waals surface area contributed by atoms with Crippen LogP contribution in [0.25, 0.3) is 17.0 Å². The molecule has 0 unspecified atom stereocenters. The molecule has 0 N–H and O–H groups in total. The molecule has 0 radical (unpaired) electrons. The van der Waals surface area contributed by atoms with Crippen molar-refractivity contribution in [3.05, 3.63) is 66.6 Å². The maximum atomic E-state index is 12.4. The Labute approximate surface area is 146 Å². The number of furan rings is 1. The molecule has 1 saturated heterocycles. The van der Waals surface area contributed by atoms with Gasteiger partial charge in [-0.15, -0.1) is 0 Å². The highest BCUT2D eigenvalue weighted by Gasteiger charge is 2.20. The number of hydrogen-bond donors (Lipinski definition) is 0. The SMILES string of the molecule is O=C(C=Cc1cc2ccccc2o1)N1CCN(c2ccccn2)CC1. The van der Waals surface area contributed by atoms with Crippen LogP contribution in [0.4, 0.5) is 5.82 Å². The number of hydrogen-bond acceptors (Lipinski definition) is 4. The van der Waals surface area contributed by atoms with Gasteiger partial charge >= 0.3 is 0 Å². The number of nitrogens with zero attached hydrogens (tertiary/aromatic N) is 3. The number of carbonyl (C=O) groups is 1. The Balaban J connectivity index is 1.37. The van der Waals surface area contributed by atoms with Gasteiger partial charge in [0.05, 0.1) is 0 Å². The highest BCUT2D eigenvalue weighted by atomic mass is 16.3. The molecule has 1 amide bonds. The molecule has 5 nitrogen and oxygen atoms in total. The topological polar surface area (TPSA) is 49.6 Å². The molecule has 126 valence electrons. The maximum Gasteiger partial charge on any atom is 0.246 e.